The summed E-state index contributed by atoms with van der Waals surface area (Å²) in [5.41, 5.74) is 1.81. The second-order valence-corrected chi connectivity index (χ2v) is 8.22. The topological polar surface area (TPSA) is 68.2 Å². The zero-order chi connectivity index (χ0) is 20.4. The van der Waals surface area contributed by atoms with Crippen molar-refractivity contribution in [3.63, 3.8) is 0 Å². The predicted octanol–water partition coefficient (Wildman–Crippen LogP) is 3.61. The standard InChI is InChI=1S/C23H28N2O4/c1-3-28-21(26)18-13-16(2)20-23(10-11-24-20)15-25(12-9-19(18)23)22(27)29-14-17-7-5-4-6-8-17/h4-8,11,13,18-20H,3,9-10,12,14-15H2,1-2H3/t18-,19+,20+,23+/m1/s1. The molecule has 0 unspecified atom stereocenters. The van der Waals surface area contributed by atoms with Crippen LogP contribution < -0.4 is 0 Å². The van der Waals surface area contributed by atoms with E-state index >= 15 is 0 Å². The van der Waals surface area contributed by atoms with Gasteiger partial charge < -0.3 is 14.4 Å². The third kappa shape index (κ3) is 3.56. The van der Waals surface area contributed by atoms with E-state index < -0.39 is 0 Å². The summed E-state index contributed by atoms with van der Waals surface area (Å²) in [6.07, 6.45) is 5.21. The van der Waals surface area contributed by atoms with Crippen LogP contribution in [-0.4, -0.2) is 48.9 Å². The highest BCUT2D eigenvalue weighted by Gasteiger charge is 2.57. The number of carbonyl (C=O) groups is 2. The Morgan fingerprint density at radius 1 is 1.24 bits per heavy atom. The number of esters is 1. The molecule has 0 N–H and O–H groups in total. The lowest BCUT2D eigenvalue weighted by atomic mass is 9.57. The molecule has 3 aliphatic rings. The van der Waals surface area contributed by atoms with Crippen LogP contribution in [0, 0.1) is 17.3 Å². The van der Waals surface area contributed by atoms with E-state index in [-0.39, 0.29) is 42.0 Å². The number of benzene rings is 1. The number of nitrogens with zero attached hydrogens (tertiary/aromatic N) is 2. The lowest BCUT2D eigenvalue weighted by molar-refractivity contribution is -0.152. The van der Waals surface area contributed by atoms with Gasteiger partial charge in [-0.3, -0.25) is 9.79 Å². The van der Waals surface area contributed by atoms with Crippen LogP contribution in [0.4, 0.5) is 4.79 Å². The van der Waals surface area contributed by atoms with Crippen molar-refractivity contribution in [2.45, 2.75) is 39.3 Å². The van der Waals surface area contributed by atoms with Crippen LogP contribution in [0.1, 0.15) is 32.3 Å². The molecule has 0 bridgehead atoms. The highest BCUT2D eigenvalue weighted by atomic mass is 16.6. The molecule has 0 radical (unpaired) electrons. The number of piperidine rings is 1. The number of rotatable bonds is 4. The van der Waals surface area contributed by atoms with E-state index in [0.717, 1.165) is 24.0 Å². The summed E-state index contributed by atoms with van der Waals surface area (Å²) in [6, 6.07) is 9.70. The first-order valence-corrected chi connectivity index (χ1v) is 10.4. The Kier molecular flexibility index (Phi) is 5.43. The molecular formula is C23H28N2O4. The molecule has 6 heteroatoms. The van der Waals surface area contributed by atoms with E-state index in [1.807, 2.05) is 56.5 Å². The lowest BCUT2D eigenvalue weighted by Gasteiger charge is -2.52. The number of hydrogen-bond donors (Lipinski definition) is 0. The summed E-state index contributed by atoms with van der Waals surface area (Å²) >= 11 is 0. The summed E-state index contributed by atoms with van der Waals surface area (Å²) in [7, 11) is 0. The number of carbonyl (C=O) groups excluding carboxylic acids is 2. The van der Waals surface area contributed by atoms with Crippen LogP contribution in [0.25, 0.3) is 0 Å². The van der Waals surface area contributed by atoms with E-state index in [4.69, 9.17) is 14.5 Å². The molecule has 4 rings (SSSR count). The molecule has 2 aliphatic heterocycles. The summed E-state index contributed by atoms with van der Waals surface area (Å²) in [6.45, 7) is 5.63. The van der Waals surface area contributed by atoms with Gasteiger partial charge in [0.25, 0.3) is 0 Å². The second-order valence-electron chi connectivity index (χ2n) is 8.22. The Morgan fingerprint density at radius 3 is 2.79 bits per heavy atom. The monoisotopic (exact) mass is 396 g/mol. The Hall–Kier alpha value is -2.63. The normalized spacial score (nSPS) is 30.2. The average molecular weight is 396 g/mol. The fourth-order valence-electron chi connectivity index (χ4n) is 5.26. The average Bonchev–Trinajstić information content (AvgIpc) is 3.16. The van der Waals surface area contributed by atoms with Crippen LogP contribution >= 0.6 is 0 Å². The van der Waals surface area contributed by atoms with Crippen molar-refractivity contribution in [1.82, 2.24) is 4.90 Å². The van der Waals surface area contributed by atoms with E-state index in [0.29, 0.717) is 19.7 Å². The van der Waals surface area contributed by atoms with Crippen molar-refractivity contribution in [2.75, 3.05) is 19.7 Å². The number of likely N-dealkylation sites (tertiary alicyclic amines) is 1. The molecule has 2 heterocycles. The summed E-state index contributed by atoms with van der Waals surface area (Å²) in [5, 5.41) is 0. The maximum atomic E-state index is 12.8. The van der Waals surface area contributed by atoms with Gasteiger partial charge in [-0.1, -0.05) is 42.0 Å². The van der Waals surface area contributed by atoms with Gasteiger partial charge in [-0.25, -0.2) is 4.79 Å². The zero-order valence-corrected chi connectivity index (χ0v) is 17.0. The van der Waals surface area contributed by atoms with E-state index in [1.165, 1.54) is 0 Å². The third-order valence-corrected chi connectivity index (χ3v) is 6.53. The molecule has 1 spiro atoms. The van der Waals surface area contributed by atoms with Gasteiger partial charge in [-0.15, -0.1) is 0 Å². The first-order valence-electron chi connectivity index (χ1n) is 10.4. The minimum atomic E-state index is -0.299. The van der Waals surface area contributed by atoms with E-state index in [2.05, 4.69) is 0 Å². The Morgan fingerprint density at radius 2 is 2.03 bits per heavy atom. The van der Waals surface area contributed by atoms with Crippen LogP contribution in [0.15, 0.2) is 47.0 Å². The van der Waals surface area contributed by atoms with Gasteiger partial charge in [0.05, 0.1) is 18.6 Å². The molecule has 154 valence electrons. The summed E-state index contributed by atoms with van der Waals surface area (Å²) < 4.78 is 10.9. The maximum absolute atomic E-state index is 12.8. The molecule has 6 nitrogen and oxygen atoms in total. The van der Waals surface area contributed by atoms with Crippen LogP contribution in [0.3, 0.4) is 0 Å². The minimum absolute atomic E-state index is 0.0166. The lowest BCUT2D eigenvalue weighted by Crippen LogP contribution is -2.58. The van der Waals surface area contributed by atoms with Crippen molar-refractivity contribution in [3.8, 4) is 0 Å². The molecule has 0 aromatic heterocycles. The molecule has 4 atom stereocenters. The molecule has 29 heavy (non-hydrogen) atoms. The van der Waals surface area contributed by atoms with Gasteiger partial charge >= 0.3 is 12.1 Å². The maximum Gasteiger partial charge on any atom is 0.410 e. The summed E-state index contributed by atoms with van der Waals surface area (Å²) in [5.74, 6) is -0.312. The minimum Gasteiger partial charge on any atom is -0.466 e. The molecule has 1 amide bonds. The quantitative estimate of drug-likeness (QED) is 0.576. The van der Waals surface area contributed by atoms with Crippen LogP contribution in [0.2, 0.25) is 0 Å². The highest BCUT2D eigenvalue weighted by molar-refractivity contribution is 5.77. The number of amides is 1. The SMILES string of the molecule is CCOC(=O)[C@@H]1C=C(C)[C@@H]2N=CC[C@@]23CN(C(=O)OCc2ccccc2)CC[C@@H]13. The van der Waals surface area contributed by atoms with Gasteiger partial charge in [-0.05, 0) is 38.2 Å². The zero-order valence-electron chi connectivity index (χ0n) is 17.0. The van der Waals surface area contributed by atoms with Gasteiger partial charge in [0.2, 0.25) is 0 Å². The smallest absolute Gasteiger partial charge is 0.410 e. The van der Waals surface area contributed by atoms with Gasteiger partial charge in [0.15, 0.2) is 0 Å². The van der Waals surface area contributed by atoms with E-state index in [9.17, 15) is 9.59 Å². The van der Waals surface area contributed by atoms with Crippen molar-refractivity contribution in [2.24, 2.45) is 22.2 Å². The molecule has 1 saturated heterocycles. The first kappa shape index (κ1) is 19.7. The fourth-order valence-corrected chi connectivity index (χ4v) is 5.26. The van der Waals surface area contributed by atoms with E-state index in [1.54, 1.807) is 4.90 Å². The van der Waals surface area contributed by atoms with Gasteiger partial charge in [0.1, 0.15) is 6.61 Å². The molecule has 1 fully saturated rings. The van der Waals surface area contributed by atoms with Crippen LogP contribution in [-0.2, 0) is 20.9 Å². The Balaban J connectivity index is 1.51. The first-order chi connectivity index (χ1) is 14.0. The van der Waals surface area contributed by atoms with Crippen LogP contribution in [0.5, 0.6) is 0 Å². The number of hydrogen-bond acceptors (Lipinski definition) is 5. The predicted molar refractivity (Wildman–Crippen MR) is 110 cm³/mol. The molecule has 1 aromatic rings. The highest BCUT2D eigenvalue weighted by Crippen LogP contribution is 2.54. The van der Waals surface area contributed by atoms with Crippen molar-refractivity contribution >= 4 is 18.3 Å². The van der Waals surface area contributed by atoms with Gasteiger partial charge in [-0.2, -0.15) is 0 Å². The molecule has 0 saturated carbocycles. The largest absolute Gasteiger partial charge is 0.466 e. The number of aliphatic imine (C=N–C) groups is 1. The third-order valence-electron chi connectivity index (χ3n) is 6.53. The molecule has 1 aliphatic carbocycles. The Bertz CT molecular complexity index is 835. The fraction of sp³-hybridized carbons (Fsp3) is 0.522. The Labute approximate surface area is 171 Å². The summed E-state index contributed by atoms with van der Waals surface area (Å²) in [4.78, 5) is 31.9. The van der Waals surface area contributed by atoms with Crippen molar-refractivity contribution < 1.29 is 19.1 Å². The van der Waals surface area contributed by atoms with Gasteiger partial charge in [0, 0.05) is 24.7 Å². The van der Waals surface area contributed by atoms with Crippen molar-refractivity contribution in [1.29, 1.82) is 0 Å². The molecular weight excluding hydrogens is 368 g/mol. The second kappa shape index (κ2) is 8.01. The molecule has 1 aromatic carbocycles. The van der Waals surface area contributed by atoms with Crippen molar-refractivity contribution in [3.05, 3.63) is 47.5 Å². The number of ether oxygens (including phenoxy) is 2.